The van der Waals surface area contributed by atoms with Crippen LogP contribution in [0.15, 0.2) is 36.4 Å². The Balaban J connectivity index is 1.89. The zero-order valence-corrected chi connectivity index (χ0v) is 16.4. The van der Waals surface area contributed by atoms with Crippen molar-refractivity contribution in [2.75, 3.05) is 18.5 Å². The quantitative estimate of drug-likeness (QED) is 0.551. The first-order chi connectivity index (χ1) is 12.9. The molecular formula is C19H21Cl2N3O3. The molecule has 2 amide bonds. The van der Waals surface area contributed by atoms with Gasteiger partial charge in [-0.3, -0.25) is 9.59 Å². The van der Waals surface area contributed by atoms with Crippen molar-refractivity contribution in [2.24, 2.45) is 5.73 Å². The van der Waals surface area contributed by atoms with Gasteiger partial charge in [-0.1, -0.05) is 41.4 Å². The first-order valence-electron chi connectivity index (χ1n) is 8.36. The molecule has 0 bridgehead atoms. The average molecular weight is 410 g/mol. The van der Waals surface area contributed by atoms with Crippen LogP contribution < -0.4 is 21.1 Å². The number of nitrogens with two attached hydrogens (primary N) is 1. The number of amides is 2. The van der Waals surface area contributed by atoms with Gasteiger partial charge in [0.2, 0.25) is 5.91 Å². The number of nitrogens with one attached hydrogen (secondary N) is 2. The molecule has 0 fully saturated rings. The van der Waals surface area contributed by atoms with Crippen molar-refractivity contribution < 1.29 is 14.3 Å². The topological polar surface area (TPSA) is 93.4 Å². The van der Waals surface area contributed by atoms with Crippen LogP contribution in [0.1, 0.15) is 29.3 Å². The van der Waals surface area contributed by atoms with Gasteiger partial charge < -0.3 is 21.1 Å². The summed E-state index contributed by atoms with van der Waals surface area (Å²) in [4.78, 5) is 22.6. The number of benzene rings is 2. The monoisotopic (exact) mass is 409 g/mol. The molecule has 0 saturated carbocycles. The van der Waals surface area contributed by atoms with Gasteiger partial charge in [-0.25, -0.2) is 0 Å². The molecule has 0 aromatic heterocycles. The van der Waals surface area contributed by atoms with Gasteiger partial charge in [0, 0.05) is 36.3 Å². The number of para-hydroxylation sites is 1. The smallest absolute Gasteiger partial charge is 0.252 e. The van der Waals surface area contributed by atoms with E-state index in [0.29, 0.717) is 36.8 Å². The Kier molecular flexibility index (Phi) is 7.76. The molecule has 6 nitrogen and oxygen atoms in total. The molecule has 0 heterocycles. The van der Waals surface area contributed by atoms with E-state index in [1.54, 1.807) is 6.07 Å². The maximum Gasteiger partial charge on any atom is 0.252 e. The second kappa shape index (κ2) is 10.0. The lowest BCUT2D eigenvalue weighted by atomic mass is 10.1. The van der Waals surface area contributed by atoms with E-state index in [1.807, 2.05) is 24.3 Å². The van der Waals surface area contributed by atoms with Crippen LogP contribution in [0.2, 0.25) is 10.0 Å². The standard InChI is InChI=1S/C19H21Cl2N3O3/c1-12(25)24-11-13-5-2-3-6-17(13)27-8-4-7-23-16-10-14(20)9-15(21)18(16)19(22)26/h2-3,5-6,9-10,23H,4,7-8,11H2,1H3,(H2,22,26)(H,24,25). The third-order valence-corrected chi connectivity index (χ3v) is 4.21. The van der Waals surface area contributed by atoms with Crippen molar-refractivity contribution in [3.63, 3.8) is 0 Å². The van der Waals surface area contributed by atoms with Crippen LogP contribution in [-0.2, 0) is 11.3 Å². The van der Waals surface area contributed by atoms with E-state index in [9.17, 15) is 9.59 Å². The maximum atomic E-state index is 11.6. The molecule has 2 aromatic rings. The van der Waals surface area contributed by atoms with Crippen molar-refractivity contribution in [3.05, 3.63) is 57.6 Å². The van der Waals surface area contributed by atoms with Gasteiger partial charge in [-0.05, 0) is 24.6 Å². The number of carbonyl (C=O) groups is 2. The number of hydrogen-bond acceptors (Lipinski definition) is 4. The molecule has 0 aliphatic heterocycles. The number of carbonyl (C=O) groups excluding carboxylic acids is 2. The lowest BCUT2D eigenvalue weighted by Gasteiger charge is -2.14. The first kappa shape index (κ1) is 20.9. The maximum absolute atomic E-state index is 11.6. The number of ether oxygens (including phenoxy) is 1. The van der Waals surface area contributed by atoms with Crippen LogP contribution in [-0.4, -0.2) is 25.0 Å². The molecule has 0 spiro atoms. The minimum atomic E-state index is -0.623. The molecule has 0 atom stereocenters. The van der Waals surface area contributed by atoms with E-state index >= 15 is 0 Å². The lowest BCUT2D eigenvalue weighted by Crippen LogP contribution is -2.19. The van der Waals surface area contributed by atoms with Crippen LogP contribution in [0.4, 0.5) is 5.69 Å². The summed E-state index contributed by atoms with van der Waals surface area (Å²) in [5.41, 5.74) is 6.98. The second-order valence-corrected chi connectivity index (χ2v) is 6.66. The summed E-state index contributed by atoms with van der Waals surface area (Å²) in [6, 6.07) is 10.6. The van der Waals surface area contributed by atoms with Crippen LogP contribution in [0.5, 0.6) is 5.75 Å². The highest BCUT2D eigenvalue weighted by molar-refractivity contribution is 6.37. The SMILES string of the molecule is CC(=O)NCc1ccccc1OCCCNc1cc(Cl)cc(Cl)c1C(N)=O. The highest BCUT2D eigenvalue weighted by Crippen LogP contribution is 2.28. The Morgan fingerprint density at radius 3 is 2.63 bits per heavy atom. The predicted octanol–water partition coefficient (Wildman–Crippen LogP) is 3.61. The van der Waals surface area contributed by atoms with Gasteiger partial charge in [0.05, 0.1) is 17.2 Å². The van der Waals surface area contributed by atoms with Crippen LogP contribution in [0.3, 0.4) is 0 Å². The first-order valence-corrected chi connectivity index (χ1v) is 9.12. The second-order valence-electron chi connectivity index (χ2n) is 5.82. The van der Waals surface area contributed by atoms with Crippen molar-refractivity contribution in [2.45, 2.75) is 19.9 Å². The molecule has 0 unspecified atom stereocenters. The van der Waals surface area contributed by atoms with Gasteiger partial charge in [0.15, 0.2) is 0 Å². The molecule has 0 aliphatic rings. The van der Waals surface area contributed by atoms with Crippen LogP contribution in [0.25, 0.3) is 0 Å². The van der Waals surface area contributed by atoms with E-state index in [0.717, 1.165) is 11.3 Å². The number of hydrogen-bond donors (Lipinski definition) is 3. The van der Waals surface area contributed by atoms with E-state index < -0.39 is 5.91 Å². The largest absolute Gasteiger partial charge is 0.493 e. The number of primary amides is 1. The van der Waals surface area contributed by atoms with Crippen molar-refractivity contribution >= 4 is 40.7 Å². The van der Waals surface area contributed by atoms with E-state index in [1.165, 1.54) is 13.0 Å². The number of halogens is 2. The highest BCUT2D eigenvalue weighted by atomic mass is 35.5. The molecule has 144 valence electrons. The molecule has 0 aliphatic carbocycles. The Hall–Kier alpha value is -2.44. The van der Waals surface area contributed by atoms with Gasteiger partial charge in [0.1, 0.15) is 5.75 Å². The molecule has 0 saturated heterocycles. The van der Waals surface area contributed by atoms with E-state index in [-0.39, 0.29) is 16.5 Å². The van der Waals surface area contributed by atoms with Crippen molar-refractivity contribution in [1.82, 2.24) is 5.32 Å². The molecule has 27 heavy (non-hydrogen) atoms. The Morgan fingerprint density at radius 1 is 1.19 bits per heavy atom. The number of rotatable bonds is 9. The fraction of sp³-hybridized carbons (Fsp3) is 0.263. The highest BCUT2D eigenvalue weighted by Gasteiger charge is 2.14. The molecule has 8 heteroatoms. The Labute approximate surface area is 168 Å². The predicted molar refractivity (Wildman–Crippen MR) is 108 cm³/mol. The molecular weight excluding hydrogens is 389 g/mol. The summed E-state index contributed by atoms with van der Waals surface area (Å²) in [7, 11) is 0. The van der Waals surface area contributed by atoms with Gasteiger partial charge in [-0.15, -0.1) is 0 Å². The normalized spacial score (nSPS) is 10.3. The van der Waals surface area contributed by atoms with E-state index in [4.69, 9.17) is 33.7 Å². The van der Waals surface area contributed by atoms with Crippen LogP contribution in [0, 0.1) is 0 Å². The fourth-order valence-corrected chi connectivity index (χ4v) is 3.04. The molecule has 4 N–H and O–H groups in total. The van der Waals surface area contributed by atoms with Gasteiger partial charge in [-0.2, -0.15) is 0 Å². The van der Waals surface area contributed by atoms with Crippen molar-refractivity contribution in [3.8, 4) is 5.75 Å². The zero-order chi connectivity index (χ0) is 19.8. The van der Waals surface area contributed by atoms with Gasteiger partial charge >= 0.3 is 0 Å². The summed E-state index contributed by atoms with van der Waals surface area (Å²) < 4.78 is 5.80. The summed E-state index contributed by atoms with van der Waals surface area (Å²) in [6.07, 6.45) is 0.663. The van der Waals surface area contributed by atoms with Crippen molar-refractivity contribution in [1.29, 1.82) is 0 Å². The summed E-state index contributed by atoms with van der Waals surface area (Å²) >= 11 is 12.0. The lowest BCUT2D eigenvalue weighted by molar-refractivity contribution is -0.119. The Morgan fingerprint density at radius 2 is 1.93 bits per heavy atom. The fourth-order valence-electron chi connectivity index (χ4n) is 2.45. The molecule has 2 aromatic carbocycles. The minimum absolute atomic E-state index is 0.0977. The van der Waals surface area contributed by atoms with Gasteiger partial charge in [0.25, 0.3) is 5.91 Å². The summed E-state index contributed by atoms with van der Waals surface area (Å²) in [5.74, 6) is -0.00312. The summed E-state index contributed by atoms with van der Waals surface area (Å²) in [5, 5.41) is 6.48. The van der Waals surface area contributed by atoms with Crippen LogP contribution >= 0.6 is 23.2 Å². The molecule has 2 rings (SSSR count). The van der Waals surface area contributed by atoms with E-state index in [2.05, 4.69) is 10.6 Å². The Bertz CT molecular complexity index is 828. The zero-order valence-electron chi connectivity index (χ0n) is 14.9. The molecule has 0 radical (unpaired) electrons. The minimum Gasteiger partial charge on any atom is -0.493 e. The summed E-state index contributed by atoms with van der Waals surface area (Å²) in [6.45, 7) is 2.86. The number of anilines is 1. The third-order valence-electron chi connectivity index (χ3n) is 3.70. The third kappa shape index (κ3) is 6.34. The average Bonchev–Trinajstić information content (AvgIpc) is 2.59.